The van der Waals surface area contributed by atoms with E-state index in [1.807, 2.05) is 41.3 Å². The van der Waals surface area contributed by atoms with E-state index in [9.17, 15) is 4.79 Å². The van der Waals surface area contributed by atoms with Crippen LogP contribution in [0.1, 0.15) is 16.2 Å². The number of benzene rings is 2. The molecule has 0 unspecified atom stereocenters. The van der Waals surface area contributed by atoms with E-state index >= 15 is 0 Å². The van der Waals surface area contributed by atoms with Gasteiger partial charge in [0.15, 0.2) is 0 Å². The van der Waals surface area contributed by atoms with Crippen LogP contribution in [0.4, 0.5) is 5.69 Å². The van der Waals surface area contributed by atoms with Gasteiger partial charge in [-0.15, -0.1) is 0 Å². The molecule has 2 heterocycles. The molecule has 2 aromatic carbocycles. The molecule has 0 spiro atoms. The number of carbonyl (C=O) groups excluding carboxylic acids is 1. The molecule has 1 aromatic heterocycles. The number of anilines is 1. The number of piperazine rings is 1. The zero-order chi connectivity index (χ0) is 18.8. The standard InChI is InChI=1S/C20H19ClN4O2/c1-14-22-19(23-27-14)15-6-8-16(9-7-15)24-10-12-25(13-11-24)20(26)17-4-2-3-5-18(17)21/h2-9H,10-13H2,1H3. The summed E-state index contributed by atoms with van der Waals surface area (Å²) in [6, 6.07) is 15.3. The number of carbonyl (C=O) groups is 1. The smallest absolute Gasteiger partial charge is 0.255 e. The summed E-state index contributed by atoms with van der Waals surface area (Å²) >= 11 is 6.15. The van der Waals surface area contributed by atoms with Gasteiger partial charge in [0.1, 0.15) is 0 Å². The van der Waals surface area contributed by atoms with Gasteiger partial charge in [-0.1, -0.05) is 28.9 Å². The van der Waals surface area contributed by atoms with E-state index < -0.39 is 0 Å². The van der Waals surface area contributed by atoms with Gasteiger partial charge in [0.2, 0.25) is 11.7 Å². The van der Waals surface area contributed by atoms with Gasteiger partial charge in [-0.2, -0.15) is 4.98 Å². The lowest BCUT2D eigenvalue weighted by molar-refractivity contribution is 0.0747. The van der Waals surface area contributed by atoms with Crippen LogP contribution < -0.4 is 4.90 Å². The number of hydrogen-bond acceptors (Lipinski definition) is 5. The molecular formula is C20H19ClN4O2. The van der Waals surface area contributed by atoms with Gasteiger partial charge in [-0.3, -0.25) is 4.79 Å². The van der Waals surface area contributed by atoms with Gasteiger partial charge >= 0.3 is 0 Å². The third-order valence-electron chi connectivity index (χ3n) is 4.69. The van der Waals surface area contributed by atoms with Crippen LogP contribution in [-0.2, 0) is 0 Å². The first-order valence-corrected chi connectivity index (χ1v) is 9.19. The Morgan fingerprint density at radius 2 is 1.74 bits per heavy atom. The fourth-order valence-corrected chi connectivity index (χ4v) is 3.43. The van der Waals surface area contributed by atoms with Crippen LogP contribution in [0.15, 0.2) is 53.1 Å². The Labute approximate surface area is 162 Å². The van der Waals surface area contributed by atoms with Crippen LogP contribution in [0.25, 0.3) is 11.4 Å². The van der Waals surface area contributed by atoms with E-state index in [0.717, 1.165) is 24.3 Å². The Morgan fingerprint density at radius 3 is 2.37 bits per heavy atom. The average Bonchev–Trinajstić information content (AvgIpc) is 3.14. The molecule has 0 bridgehead atoms. The van der Waals surface area contributed by atoms with Crippen LogP contribution in [0.5, 0.6) is 0 Å². The minimum absolute atomic E-state index is 0.0110. The largest absolute Gasteiger partial charge is 0.368 e. The Hall–Kier alpha value is -2.86. The zero-order valence-corrected chi connectivity index (χ0v) is 15.7. The van der Waals surface area contributed by atoms with Crippen molar-refractivity contribution in [2.24, 2.45) is 0 Å². The minimum atomic E-state index is -0.0110. The number of aryl methyl sites for hydroxylation is 1. The lowest BCUT2D eigenvalue weighted by Crippen LogP contribution is -2.48. The molecular weight excluding hydrogens is 364 g/mol. The topological polar surface area (TPSA) is 62.5 Å². The van der Waals surface area contributed by atoms with E-state index in [1.165, 1.54) is 0 Å². The first-order chi connectivity index (χ1) is 13.1. The molecule has 1 amide bonds. The fraction of sp³-hybridized carbons (Fsp3) is 0.250. The van der Waals surface area contributed by atoms with Crippen LogP contribution in [0.2, 0.25) is 5.02 Å². The molecule has 1 fully saturated rings. The average molecular weight is 383 g/mol. The first-order valence-electron chi connectivity index (χ1n) is 8.81. The van der Waals surface area contributed by atoms with Gasteiger partial charge in [0.05, 0.1) is 10.6 Å². The number of nitrogens with zero attached hydrogens (tertiary/aromatic N) is 4. The molecule has 0 radical (unpaired) electrons. The number of amides is 1. The molecule has 6 nitrogen and oxygen atoms in total. The van der Waals surface area contributed by atoms with Crippen molar-refractivity contribution in [3.63, 3.8) is 0 Å². The molecule has 7 heteroatoms. The molecule has 0 saturated carbocycles. The lowest BCUT2D eigenvalue weighted by Gasteiger charge is -2.36. The minimum Gasteiger partial charge on any atom is -0.368 e. The highest BCUT2D eigenvalue weighted by Gasteiger charge is 2.23. The highest BCUT2D eigenvalue weighted by molar-refractivity contribution is 6.33. The third-order valence-corrected chi connectivity index (χ3v) is 5.02. The molecule has 1 aliphatic heterocycles. The maximum absolute atomic E-state index is 12.7. The van der Waals surface area contributed by atoms with Crippen molar-refractivity contribution in [1.82, 2.24) is 15.0 Å². The molecule has 138 valence electrons. The van der Waals surface area contributed by atoms with Crippen molar-refractivity contribution in [3.8, 4) is 11.4 Å². The van der Waals surface area contributed by atoms with E-state index in [-0.39, 0.29) is 5.91 Å². The number of halogens is 1. The summed E-state index contributed by atoms with van der Waals surface area (Å²) in [5, 5.41) is 4.44. The van der Waals surface area contributed by atoms with Gasteiger partial charge in [-0.05, 0) is 36.4 Å². The quantitative estimate of drug-likeness (QED) is 0.691. The maximum atomic E-state index is 12.7. The van der Waals surface area contributed by atoms with Crippen molar-refractivity contribution in [2.75, 3.05) is 31.1 Å². The molecule has 0 atom stereocenters. The summed E-state index contributed by atoms with van der Waals surface area (Å²) in [6.45, 7) is 4.65. The van der Waals surface area contributed by atoms with Gasteiger partial charge in [-0.25, -0.2) is 0 Å². The summed E-state index contributed by atoms with van der Waals surface area (Å²) in [4.78, 5) is 21.0. The molecule has 1 saturated heterocycles. The summed E-state index contributed by atoms with van der Waals surface area (Å²) in [6.07, 6.45) is 0. The van der Waals surface area contributed by atoms with Gasteiger partial charge in [0, 0.05) is 44.4 Å². The second-order valence-electron chi connectivity index (χ2n) is 6.44. The normalized spacial score (nSPS) is 14.4. The Balaban J connectivity index is 1.40. The number of aromatic nitrogens is 2. The second kappa shape index (κ2) is 7.40. The predicted molar refractivity (Wildman–Crippen MR) is 104 cm³/mol. The summed E-state index contributed by atoms with van der Waals surface area (Å²) in [5.41, 5.74) is 2.60. The number of rotatable bonds is 3. The Kier molecular flexibility index (Phi) is 4.81. The number of hydrogen-bond donors (Lipinski definition) is 0. The monoisotopic (exact) mass is 382 g/mol. The van der Waals surface area contributed by atoms with Crippen molar-refractivity contribution >= 4 is 23.2 Å². The van der Waals surface area contributed by atoms with Crippen LogP contribution >= 0.6 is 11.6 Å². The molecule has 27 heavy (non-hydrogen) atoms. The van der Waals surface area contributed by atoms with Crippen molar-refractivity contribution in [3.05, 3.63) is 65.0 Å². The van der Waals surface area contributed by atoms with Crippen molar-refractivity contribution < 1.29 is 9.32 Å². The van der Waals surface area contributed by atoms with E-state index in [2.05, 4.69) is 15.0 Å². The van der Waals surface area contributed by atoms with Crippen molar-refractivity contribution in [1.29, 1.82) is 0 Å². The van der Waals surface area contributed by atoms with Gasteiger partial charge in [0.25, 0.3) is 5.91 Å². The van der Waals surface area contributed by atoms with Crippen LogP contribution in [-0.4, -0.2) is 47.1 Å². The lowest BCUT2D eigenvalue weighted by atomic mass is 10.1. The van der Waals surface area contributed by atoms with Crippen molar-refractivity contribution in [2.45, 2.75) is 6.92 Å². The maximum Gasteiger partial charge on any atom is 0.255 e. The van der Waals surface area contributed by atoms with Crippen LogP contribution in [0.3, 0.4) is 0 Å². The highest BCUT2D eigenvalue weighted by Crippen LogP contribution is 2.23. The third kappa shape index (κ3) is 3.66. The molecule has 0 aliphatic carbocycles. The molecule has 1 aliphatic rings. The summed E-state index contributed by atoms with van der Waals surface area (Å²) in [7, 11) is 0. The molecule has 3 aromatic rings. The predicted octanol–water partition coefficient (Wildman–Crippen LogP) is 3.66. The molecule has 4 rings (SSSR count). The Bertz CT molecular complexity index is 947. The SMILES string of the molecule is Cc1nc(-c2ccc(N3CCN(C(=O)c4ccccc4Cl)CC3)cc2)no1. The van der Waals surface area contributed by atoms with E-state index in [4.69, 9.17) is 16.1 Å². The van der Waals surface area contributed by atoms with Crippen LogP contribution in [0, 0.1) is 6.92 Å². The zero-order valence-electron chi connectivity index (χ0n) is 14.9. The first kappa shape index (κ1) is 17.5. The summed E-state index contributed by atoms with van der Waals surface area (Å²) < 4.78 is 5.03. The van der Waals surface area contributed by atoms with E-state index in [0.29, 0.717) is 35.4 Å². The highest BCUT2D eigenvalue weighted by atomic mass is 35.5. The fourth-order valence-electron chi connectivity index (χ4n) is 3.21. The summed E-state index contributed by atoms with van der Waals surface area (Å²) in [5.74, 6) is 1.13. The van der Waals surface area contributed by atoms with Gasteiger partial charge < -0.3 is 14.3 Å². The van der Waals surface area contributed by atoms with E-state index in [1.54, 1.807) is 19.1 Å². The molecule has 0 N–H and O–H groups in total. The second-order valence-corrected chi connectivity index (χ2v) is 6.85. The Morgan fingerprint density at radius 1 is 1.04 bits per heavy atom.